The molecule has 0 spiro atoms. The number of benzene rings is 1. The molecule has 1 aliphatic heterocycles. The Kier molecular flexibility index (Phi) is 5.33. The number of hydrogen-bond acceptors (Lipinski definition) is 6. The van der Waals surface area contributed by atoms with Crippen LogP contribution in [0.5, 0.6) is 5.75 Å². The molecule has 1 saturated heterocycles. The smallest absolute Gasteiger partial charge is 0.257 e. The lowest BCUT2D eigenvalue weighted by molar-refractivity contribution is 0.0694. The molecule has 8 nitrogen and oxygen atoms in total. The molecule has 3 rings (SSSR count). The molecule has 1 fully saturated rings. The van der Waals surface area contributed by atoms with Crippen molar-refractivity contribution >= 4 is 31.9 Å². The first kappa shape index (κ1) is 19.8. The molecule has 2 heterocycles. The highest BCUT2D eigenvalue weighted by Crippen LogP contribution is 2.31. The van der Waals surface area contributed by atoms with Gasteiger partial charge in [-0.15, -0.1) is 0 Å². The number of rotatable bonds is 3. The Morgan fingerprint density at radius 1 is 1.19 bits per heavy atom. The van der Waals surface area contributed by atoms with Gasteiger partial charge in [-0.25, -0.2) is 8.42 Å². The zero-order valence-electron chi connectivity index (χ0n) is 15.2. The molecule has 1 N–H and O–H groups in total. The lowest BCUT2D eigenvalue weighted by Gasteiger charge is -2.34. The number of amides is 1. The van der Waals surface area contributed by atoms with Crippen LogP contribution in [0.4, 0.5) is 0 Å². The van der Waals surface area contributed by atoms with Gasteiger partial charge in [-0.2, -0.15) is 4.31 Å². The largest absolute Gasteiger partial charge is 0.506 e. The molecular weight excluding hydrogens is 438 g/mol. The van der Waals surface area contributed by atoms with Gasteiger partial charge < -0.3 is 14.5 Å². The fourth-order valence-corrected chi connectivity index (χ4v) is 5.46. The maximum absolute atomic E-state index is 12.9. The Morgan fingerprint density at radius 2 is 1.81 bits per heavy atom. The predicted molar refractivity (Wildman–Crippen MR) is 101 cm³/mol. The molecule has 1 aromatic carbocycles. The van der Waals surface area contributed by atoms with Crippen molar-refractivity contribution in [2.75, 3.05) is 26.2 Å². The number of aromatic nitrogens is 1. The number of halogens is 1. The van der Waals surface area contributed by atoms with Crippen molar-refractivity contribution in [1.82, 2.24) is 14.4 Å². The lowest BCUT2D eigenvalue weighted by Crippen LogP contribution is -2.50. The Bertz CT molecular complexity index is 975. The maximum Gasteiger partial charge on any atom is 0.257 e. The van der Waals surface area contributed by atoms with Gasteiger partial charge in [0, 0.05) is 26.2 Å². The number of hydrogen-bond donors (Lipinski definition) is 1. The van der Waals surface area contributed by atoms with Crippen LogP contribution < -0.4 is 0 Å². The van der Waals surface area contributed by atoms with E-state index in [9.17, 15) is 18.3 Å². The molecule has 0 bridgehead atoms. The van der Waals surface area contributed by atoms with E-state index in [4.69, 9.17) is 4.52 Å². The summed E-state index contributed by atoms with van der Waals surface area (Å²) < 4.78 is 32.5. The first-order chi connectivity index (χ1) is 12.6. The third-order valence-electron chi connectivity index (χ3n) is 4.53. The number of nitrogens with zero attached hydrogens (tertiary/aromatic N) is 3. The standard InChI is InChI=1S/C17H20BrN3O5S/c1-10-8-13(15(22)14(18)9-10)17(23)20-4-6-21(7-5-20)27(24,25)16-11(2)19-26-12(16)3/h8-9,22H,4-7H2,1-3H3. The van der Waals surface area contributed by atoms with E-state index in [0.717, 1.165) is 5.56 Å². The second-order valence-corrected chi connectivity index (χ2v) is 9.22. The maximum atomic E-state index is 12.9. The van der Waals surface area contributed by atoms with Crippen LogP contribution in [0.3, 0.4) is 0 Å². The van der Waals surface area contributed by atoms with Gasteiger partial charge in [-0.05, 0) is 54.4 Å². The Balaban J connectivity index is 1.77. The van der Waals surface area contributed by atoms with Crippen LogP contribution in [0, 0.1) is 20.8 Å². The molecule has 0 saturated carbocycles. The van der Waals surface area contributed by atoms with Crippen LogP contribution in [-0.2, 0) is 10.0 Å². The molecule has 0 radical (unpaired) electrons. The summed E-state index contributed by atoms with van der Waals surface area (Å²) in [6, 6.07) is 3.34. The SMILES string of the molecule is Cc1cc(Br)c(O)c(C(=O)N2CCN(S(=O)(=O)c3c(C)noc3C)CC2)c1. The van der Waals surface area contributed by atoms with Crippen LogP contribution in [-0.4, -0.2) is 60.0 Å². The number of sulfonamides is 1. The van der Waals surface area contributed by atoms with E-state index < -0.39 is 10.0 Å². The second-order valence-electron chi connectivity index (χ2n) is 6.49. The second kappa shape index (κ2) is 7.25. The third kappa shape index (κ3) is 3.61. The van der Waals surface area contributed by atoms with Crippen LogP contribution in [0.15, 0.2) is 26.0 Å². The third-order valence-corrected chi connectivity index (χ3v) is 7.28. The van der Waals surface area contributed by atoms with Gasteiger partial charge in [0.2, 0.25) is 10.0 Å². The molecule has 1 aliphatic rings. The van der Waals surface area contributed by atoms with Crippen molar-refractivity contribution in [3.05, 3.63) is 39.2 Å². The van der Waals surface area contributed by atoms with Gasteiger partial charge in [0.25, 0.3) is 5.91 Å². The number of phenolic OH excluding ortho intramolecular Hbond substituents is 1. The van der Waals surface area contributed by atoms with Crippen LogP contribution >= 0.6 is 15.9 Å². The van der Waals surface area contributed by atoms with E-state index in [1.165, 1.54) is 4.31 Å². The molecule has 10 heteroatoms. The number of piperazine rings is 1. The Hall–Kier alpha value is -1.91. The number of phenols is 1. The van der Waals surface area contributed by atoms with E-state index in [2.05, 4.69) is 21.1 Å². The zero-order chi connectivity index (χ0) is 19.9. The van der Waals surface area contributed by atoms with E-state index in [-0.39, 0.29) is 54.1 Å². The highest BCUT2D eigenvalue weighted by Gasteiger charge is 2.34. The summed E-state index contributed by atoms with van der Waals surface area (Å²) in [5.41, 5.74) is 1.35. The van der Waals surface area contributed by atoms with Crippen molar-refractivity contribution in [3.8, 4) is 5.75 Å². The molecule has 1 aromatic heterocycles. The van der Waals surface area contributed by atoms with Crippen LogP contribution in [0.1, 0.15) is 27.4 Å². The minimum Gasteiger partial charge on any atom is -0.506 e. The zero-order valence-corrected chi connectivity index (χ0v) is 17.6. The number of carbonyl (C=O) groups is 1. The monoisotopic (exact) mass is 457 g/mol. The fraction of sp³-hybridized carbons (Fsp3) is 0.412. The summed E-state index contributed by atoms with van der Waals surface area (Å²) in [6.07, 6.45) is 0. The van der Waals surface area contributed by atoms with Crippen molar-refractivity contribution in [3.63, 3.8) is 0 Å². The van der Waals surface area contributed by atoms with Gasteiger partial charge in [-0.1, -0.05) is 5.16 Å². The molecule has 0 aliphatic carbocycles. The molecule has 2 aromatic rings. The first-order valence-electron chi connectivity index (χ1n) is 8.34. The van der Waals surface area contributed by atoms with Crippen molar-refractivity contribution < 1.29 is 22.8 Å². The molecule has 27 heavy (non-hydrogen) atoms. The number of aromatic hydroxyl groups is 1. The summed E-state index contributed by atoms with van der Waals surface area (Å²) >= 11 is 3.24. The summed E-state index contributed by atoms with van der Waals surface area (Å²) in [6.45, 7) is 5.75. The highest BCUT2D eigenvalue weighted by molar-refractivity contribution is 9.10. The van der Waals surface area contributed by atoms with Gasteiger partial charge in [0.15, 0.2) is 5.76 Å². The summed E-state index contributed by atoms with van der Waals surface area (Å²) in [7, 11) is -3.73. The number of carbonyl (C=O) groups excluding carboxylic acids is 1. The topological polar surface area (TPSA) is 104 Å². The summed E-state index contributed by atoms with van der Waals surface area (Å²) in [4.78, 5) is 14.4. The average molecular weight is 458 g/mol. The number of aryl methyl sites for hydroxylation is 3. The van der Waals surface area contributed by atoms with Crippen LogP contribution in [0.25, 0.3) is 0 Å². The first-order valence-corrected chi connectivity index (χ1v) is 10.6. The van der Waals surface area contributed by atoms with Crippen molar-refractivity contribution in [1.29, 1.82) is 0 Å². The molecule has 146 valence electrons. The summed E-state index contributed by atoms with van der Waals surface area (Å²) in [5, 5.41) is 13.9. The van der Waals surface area contributed by atoms with E-state index in [1.807, 2.05) is 6.92 Å². The van der Waals surface area contributed by atoms with Crippen molar-refractivity contribution in [2.24, 2.45) is 0 Å². The summed E-state index contributed by atoms with van der Waals surface area (Å²) in [5.74, 6) is -0.191. The van der Waals surface area contributed by atoms with E-state index in [0.29, 0.717) is 10.2 Å². The Morgan fingerprint density at radius 3 is 2.37 bits per heavy atom. The fourth-order valence-electron chi connectivity index (χ4n) is 3.17. The Labute approximate surface area is 165 Å². The molecule has 0 unspecified atom stereocenters. The van der Waals surface area contributed by atoms with Gasteiger partial charge >= 0.3 is 0 Å². The van der Waals surface area contributed by atoms with Gasteiger partial charge in [0.1, 0.15) is 16.3 Å². The predicted octanol–water partition coefficient (Wildman–Crippen LogP) is 2.21. The lowest BCUT2D eigenvalue weighted by atomic mass is 10.1. The van der Waals surface area contributed by atoms with Gasteiger partial charge in [-0.3, -0.25) is 4.79 Å². The molecule has 1 amide bonds. The van der Waals surface area contributed by atoms with E-state index in [1.54, 1.807) is 30.9 Å². The van der Waals surface area contributed by atoms with Crippen LogP contribution in [0.2, 0.25) is 0 Å². The van der Waals surface area contributed by atoms with E-state index >= 15 is 0 Å². The van der Waals surface area contributed by atoms with Gasteiger partial charge in [0.05, 0.1) is 10.0 Å². The average Bonchev–Trinajstić information content (AvgIpc) is 2.96. The quantitative estimate of drug-likeness (QED) is 0.757. The highest BCUT2D eigenvalue weighted by atomic mass is 79.9. The minimum atomic E-state index is -3.73. The normalized spacial score (nSPS) is 15.9. The molecule has 0 atom stereocenters. The molecular formula is C17H20BrN3O5S. The van der Waals surface area contributed by atoms with Crippen molar-refractivity contribution in [2.45, 2.75) is 25.7 Å². The minimum absolute atomic E-state index is 0.0857.